The van der Waals surface area contributed by atoms with Gasteiger partial charge in [-0.3, -0.25) is 9.69 Å². The van der Waals surface area contributed by atoms with Gasteiger partial charge >= 0.3 is 6.03 Å². The molecule has 0 radical (unpaired) electrons. The number of carbonyl (C=O) groups is 2. The van der Waals surface area contributed by atoms with Crippen LogP contribution in [-0.2, 0) is 11.3 Å². The topological polar surface area (TPSA) is 64.4 Å². The first kappa shape index (κ1) is 11.1. The van der Waals surface area contributed by atoms with Crippen molar-refractivity contribution in [2.75, 3.05) is 13.6 Å². The first-order chi connectivity index (χ1) is 8.11. The van der Waals surface area contributed by atoms with Gasteiger partial charge in [0.1, 0.15) is 6.54 Å². The van der Waals surface area contributed by atoms with Crippen molar-refractivity contribution in [1.82, 2.24) is 9.80 Å². The third kappa shape index (κ3) is 2.11. The molecule has 0 aliphatic carbocycles. The molecule has 0 unspecified atom stereocenters. The van der Waals surface area contributed by atoms with Crippen molar-refractivity contribution in [2.24, 2.45) is 0 Å². The monoisotopic (exact) mass is 229 g/mol. The zero-order chi connectivity index (χ0) is 12.4. The van der Waals surface area contributed by atoms with Gasteiger partial charge in [-0.05, 0) is 17.7 Å². The molecule has 1 heterocycles. The summed E-state index contributed by atoms with van der Waals surface area (Å²) in [6.45, 7) is 0.342. The molecular formula is C12H11N3O2. The molecule has 2 rings (SSSR count). The van der Waals surface area contributed by atoms with Gasteiger partial charge in [0.15, 0.2) is 0 Å². The molecule has 0 aromatic heterocycles. The Balaban J connectivity index is 2.19. The van der Waals surface area contributed by atoms with E-state index in [2.05, 4.69) is 0 Å². The summed E-state index contributed by atoms with van der Waals surface area (Å²) in [7, 11) is 1.59. The van der Waals surface area contributed by atoms with Crippen LogP contribution in [0.5, 0.6) is 0 Å². The lowest BCUT2D eigenvalue weighted by molar-refractivity contribution is -0.125. The summed E-state index contributed by atoms with van der Waals surface area (Å²) < 4.78 is 0. The Labute approximate surface area is 98.9 Å². The molecular weight excluding hydrogens is 218 g/mol. The van der Waals surface area contributed by atoms with Crippen LogP contribution in [-0.4, -0.2) is 35.3 Å². The van der Waals surface area contributed by atoms with Gasteiger partial charge in [0, 0.05) is 7.05 Å². The van der Waals surface area contributed by atoms with E-state index in [1.165, 1.54) is 9.80 Å². The molecule has 17 heavy (non-hydrogen) atoms. The molecule has 1 aliphatic rings. The maximum atomic E-state index is 11.6. The second kappa shape index (κ2) is 4.26. The molecule has 0 N–H and O–H groups in total. The van der Waals surface area contributed by atoms with Crippen LogP contribution in [0.4, 0.5) is 4.79 Å². The first-order valence-corrected chi connectivity index (χ1v) is 5.16. The molecule has 0 atom stereocenters. The predicted octanol–water partition coefficient (Wildman–Crippen LogP) is 0.952. The standard InChI is InChI=1S/C12H11N3O2/c1-14-8-11(16)15(12(14)17)7-10-4-2-3-9(5-10)6-13/h2-5H,7-8H2,1H3. The Morgan fingerprint density at radius 2 is 2.18 bits per heavy atom. The van der Waals surface area contributed by atoms with Crippen LogP contribution in [0.25, 0.3) is 0 Å². The van der Waals surface area contributed by atoms with E-state index in [0.29, 0.717) is 5.56 Å². The lowest BCUT2D eigenvalue weighted by Gasteiger charge is -2.14. The number of carbonyl (C=O) groups excluding carboxylic acids is 2. The van der Waals surface area contributed by atoms with E-state index in [4.69, 9.17) is 5.26 Å². The van der Waals surface area contributed by atoms with Crippen molar-refractivity contribution < 1.29 is 9.59 Å². The Kier molecular flexibility index (Phi) is 2.79. The average molecular weight is 229 g/mol. The third-order valence-electron chi connectivity index (χ3n) is 2.63. The van der Waals surface area contributed by atoms with Gasteiger partial charge in [-0.1, -0.05) is 12.1 Å². The van der Waals surface area contributed by atoms with Crippen molar-refractivity contribution in [2.45, 2.75) is 6.54 Å². The van der Waals surface area contributed by atoms with Crippen LogP contribution in [0.15, 0.2) is 24.3 Å². The highest BCUT2D eigenvalue weighted by Gasteiger charge is 2.33. The number of nitriles is 1. The maximum Gasteiger partial charge on any atom is 0.327 e. The molecule has 0 bridgehead atoms. The molecule has 1 aromatic carbocycles. The average Bonchev–Trinajstić information content (AvgIpc) is 2.56. The van der Waals surface area contributed by atoms with E-state index in [1.807, 2.05) is 6.07 Å². The van der Waals surface area contributed by atoms with Crippen molar-refractivity contribution in [3.8, 4) is 6.07 Å². The zero-order valence-electron chi connectivity index (χ0n) is 9.38. The largest absolute Gasteiger partial charge is 0.327 e. The Morgan fingerprint density at radius 1 is 1.41 bits per heavy atom. The summed E-state index contributed by atoms with van der Waals surface area (Å²) in [6.07, 6.45) is 0. The minimum atomic E-state index is -0.294. The van der Waals surface area contributed by atoms with Crippen molar-refractivity contribution in [3.05, 3.63) is 35.4 Å². The van der Waals surface area contributed by atoms with Crippen LogP contribution in [0, 0.1) is 11.3 Å². The number of hydrogen-bond acceptors (Lipinski definition) is 3. The van der Waals surface area contributed by atoms with Crippen LogP contribution < -0.4 is 0 Å². The number of likely N-dealkylation sites (N-methyl/N-ethyl adjacent to an activating group) is 1. The Bertz CT molecular complexity index is 519. The third-order valence-corrected chi connectivity index (χ3v) is 2.63. The number of nitrogens with zero attached hydrogens (tertiary/aromatic N) is 3. The minimum absolute atomic E-state index is 0.122. The molecule has 5 heteroatoms. The molecule has 86 valence electrons. The second-order valence-corrected chi connectivity index (χ2v) is 3.93. The van der Waals surface area contributed by atoms with E-state index in [9.17, 15) is 9.59 Å². The molecule has 1 aliphatic heterocycles. The van der Waals surface area contributed by atoms with Crippen LogP contribution >= 0.6 is 0 Å². The molecule has 0 saturated carbocycles. The first-order valence-electron chi connectivity index (χ1n) is 5.16. The number of rotatable bonds is 2. The van der Waals surface area contributed by atoms with Crippen LogP contribution in [0.3, 0.4) is 0 Å². The van der Waals surface area contributed by atoms with Gasteiger partial charge in [0.05, 0.1) is 18.2 Å². The summed E-state index contributed by atoms with van der Waals surface area (Å²) in [5, 5.41) is 8.76. The molecule has 1 aromatic rings. The fraction of sp³-hybridized carbons (Fsp3) is 0.250. The molecule has 0 spiro atoms. The van der Waals surface area contributed by atoms with Gasteiger partial charge < -0.3 is 4.90 Å². The molecule has 1 saturated heterocycles. The number of imide groups is 1. The summed E-state index contributed by atoms with van der Waals surface area (Å²) in [6, 6.07) is 8.62. The van der Waals surface area contributed by atoms with Gasteiger partial charge in [-0.15, -0.1) is 0 Å². The zero-order valence-corrected chi connectivity index (χ0v) is 9.38. The Hall–Kier alpha value is -2.35. The summed E-state index contributed by atoms with van der Waals surface area (Å²) in [4.78, 5) is 25.8. The van der Waals surface area contributed by atoms with Crippen LogP contribution in [0.1, 0.15) is 11.1 Å². The predicted molar refractivity (Wildman–Crippen MR) is 59.7 cm³/mol. The summed E-state index contributed by atoms with van der Waals surface area (Å²) in [5.74, 6) is -0.208. The maximum absolute atomic E-state index is 11.6. The van der Waals surface area contributed by atoms with Gasteiger partial charge in [-0.25, -0.2) is 4.79 Å². The summed E-state index contributed by atoms with van der Waals surface area (Å²) >= 11 is 0. The lowest BCUT2D eigenvalue weighted by Crippen LogP contribution is -2.31. The van der Waals surface area contributed by atoms with E-state index in [1.54, 1.807) is 31.3 Å². The highest BCUT2D eigenvalue weighted by atomic mass is 16.2. The highest BCUT2D eigenvalue weighted by molar-refractivity contribution is 6.01. The fourth-order valence-electron chi connectivity index (χ4n) is 1.75. The number of benzene rings is 1. The minimum Gasteiger partial charge on any atom is -0.318 e. The number of urea groups is 1. The van der Waals surface area contributed by atoms with E-state index >= 15 is 0 Å². The highest BCUT2D eigenvalue weighted by Crippen LogP contribution is 2.14. The van der Waals surface area contributed by atoms with Crippen LogP contribution in [0.2, 0.25) is 0 Å². The smallest absolute Gasteiger partial charge is 0.318 e. The van der Waals surface area contributed by atoms with E-state index in [0.717, 1.165) is 5.56 Å². The van der Waals surface area contributed by atoms with E-state index in [-0.39, 0.29) is 25.0 Å². The van der Waals surface area contributed by atoms with Gasteiger partial charge in [0.25, 0.3) is 5.91 Å². The van der Waals surface area contributed by atoms with Crippen molar-refractivity contribution >= 4 is 11.9 Å². The quantitative estimate of drug-likeness (QED) is 0.709. The fourth-order valence-corrected chi connectivity index (χ4v) is 1.75. The second-order valence-electron chi connectivity index (χ2n) is 3.93. The van der Waals surface area contributed by atoms with Gasteiger partial charge in [0.2, 0.25) is 0 Å². The van der Waals surface area contributed by atoms with Crippen molar-refractivity contribution in [3.63, 3.8) is 0 Å². The molecule has 5 nitrogen and oxygen atoms in total. The van der Waals surface area contributed by atoms with E-state index < -0.39 is 0 Å². The van der Waals surface area contributed by atoms with Gasteiger partial charge in [-0.2, -0.15) is 5.26 Å². The van der Waals surface area contributed by atoms with Crippen molar-refractivity contribution in [1.29, 1.82) is 5.26 Å². The molecule has 1 fully saturated rings. The SMILES string of the molecule is CN1CC(=O)N(Cc2cccc(C#N)c2)C1=O. The molecule has 3 amide bonds. The normalized spacial score (nSPS) is 15.3. The Morgan fingerprint density at radius 3 is 2.76 bits per heavy atom. The summed E-state index contributed by atoms with van der Waals surface area (Å²) in [5.41, 5.74) is 1.30. The lowest BCUT2D eigenvalue weighted by atomic mass is 10.1. The number of amides is 3. The number of hydrogen-bond donors (Lipinski definition) is 0.